The van der Waals surface area contributed by atoms with Gasteiger partial charge in [-0.05, 0) is 29.9 Å². The molecule has 1 saturated carbocycles. The van der Waals surface area contributed by atoms with Crippen LogP contribution < -0.4 is 5.32 Å². The van der Waals surface area contributed by atoms with E-state index in [1.165, 1.54) is 0 Å². The number of rotatable bonds is 3. The number of hydrogen-bond acceptors (Lipinski definition) is 2. The Labute approximate surface area is 101 Å². The van der Waals surface area contributed by atoms with Crippen molar-refractivity contribution in [3.63, 3.8) is 0 Å². The average Bonchev–Trinajstić information content (AvgIpc) is 2.34. The van der Waals surface area contributed by atoms with E-state index in [-0.39, 0.29) is 5.41 Å². The second-order valence-electron chi connectivity index (χ2n) is 4.91. The minimum Gasteiger partial charge on any atom is -0.328 e. The lowest BCUT2D eigenvalue weighted by atomic mass is 9.70. The Kier molecular flexibility index (Phi) is 3.27. The second-order valence-corrected chi connectivity index (χ2v) is 4.91. The fourth-order valence-electron chi connectivity index (χ4n) is 2.55. The second kappa shape index (κ2) is 4.70. The summed E-state index contributed by atoms with van der Waals surface area (Å²) in [6.07, 6.45) is 3.72. The van der Waals surface area contributed by atoms with Crippen LogP contribution in [0.4, 0.5) is 5.69 Å². The molecule has 3 nitrogen and oxygen atoms in total. The van der Waals surface area contributed by atoms with Crippen LogP contribution in [0.5, 0.6) is 0 Å². The molecule has 0 saturated heterocycles. The molecule has 0 spiro atoms. The summed E-state index contributed by atoms with van der Waals surface area (Å²) in [5.41, 5.74) is 2.00. The van der Waals surface area contributed by atoms with Crippen LogP contribution in [-0.4, -0.2) is 12.2 Å². The maximum atomic E-state index is 11.3. The largest absolute Gasteiger partial charge is 0.328 e. The number of ketones is 1. The molecule has 0 aromatic heterocycles. The van der Waals surface area contributed by atoms with Crippen molar-refractivity contribution in [1.82, 2.24) is 0 Å². The van der Waals surface area contributed by atoms with Crippen molar-refractivity contribution in [2.75, 3.05) is 5.32 Å². The van der Waals surface area contributed by atoms with Gasteiger partial charge in [0.15, 0.2) is 0 Å². The molecule has 0 radical (unpaired) electrons. The molecule has 2 rings (SSSR count). The van der Waals surface area contributed by atoms with Crippen molar-refractivity contribution >= 4 is 17.9 Å². The van der Waals surface area contributed by atoms with E-state index in [2.05, 4.69) is 12.2 Å². The molecule has 1 aromatic rings. The van der Waals surface area contributed by atoms with Crippen molar-refractivity contribution in [2.45, 2.75) is 38.0 Å². The first kappa shape index (κ1) is 11.8. The van der Waals surface area contributed by atoms with Crippen molar-refractivity contribution < 1.29 is 9.59 Å². The standard InChI is InChI=1S/C14H17NO2/c1-14(8-6-11(17)7-9-14)12-4-2-3-5-13(12)15-10-16/h2-5,10H,6-9H2,1H3,(H,15,16). The topological polar surface area (TPSA) is 46.2 Å². The minimum absolute atomic E-state index is 0.000509. The third-order valence-corrected chi connectivity index (χ3v) is 3.70. The Morgan fingerprint density at radius 3 is 2.53 bits per heavy atom. The fraction of sp³-hybridized carbons (Fsp3) is 0.429. The first-order valence-corrected chi connectivity index (χ1v) is 5.97. The third kappa shape index (κ3) is 2.38. The molecule has 1 aromatic carbocycles. The van der Waals surface area contributed by atoms with E-state index >= 15 is 0 Å². The summed E-state index contributed by atoms with van der Waals surface area (Å²) in [6, 6.07) is 7.84. The molecular weight excluding hydrogens is 214 g/mol. The smallest absolute Gasteiger partial charge is 0.211 e. The molecular formula is C14H17NO2. The van der Waals surface area contributed by atoms with E-state index in [9.17, 15) is 9.59 Å². The Bertz CT molecular complexity index is 430. The molecule has 1 amide bonds. The summed E-state index contributed by atoms with van der Waals surface area (Å²) < 4.78 is 0. The van der Waals surface area contributed by atoms with Gasteiger partial charge in [0.05, 0.1) is 0 Å². The molecule has 0 bridgehead atoms. The molecule has 90 valence electrons. The zero-order chi connectivity index (χ0) is 12.3. The predicted octanol–water partition coefficient (Wildman–Crippen LogP) is 2.66. The van der Waals surface area contributed by atoms with Crippen LogP contribution >= 0.6 is 0 Å². The van der Waals surface area contributed by atoms with E-state index < -0.39 is 0 Å². The Morgan fingerprint density at radius 1 is 1.24 bits per heavy atom. The maximum Gasteiger partial charge on any atom is 0.211 e. The summed E-state index contributed by atoms with van der Waals surface area (Å²) in [5.74, 6) is 0.350. The Hall–Kier alpha value is -1.64. The van der Waals surface area contributed by atoms with Gasteiger partial charge in [-0.3, -0.25) is 9.59 Å². The summed E-state index contributed by atoms with van der Waals surface area (Å²) in [4.78, 5) is 21.9. The molecule has 0 heterocycles. The van der Waals surface area contributed by atoms with Gasteiger partial charge in [0.25, 0.3) is 0 Å². The number of Topliss-reactive ketones (excluding diaryl/α,β-unsaturated/α-hetero) is 1. The first-order valence-electron chi connectivity index (χ1n) is 5.97. The van der Waals surface area contributed by atoms with E-state index in [1.807, 2.05) is 24.3 Å². The number of benzene rings is 1. The number of amides is 1. The predicted molar refractivity (Wildman–Crippen MR) is 67.0 cm³/mol. The molecule has 1 fully saturated rings. The fourth-order valence-corrected chi connectivity index (χ4v) is 2.55. The SMILES string of the molecule is CC1(c2ccccc2NC=O)CCC(=O)CC1. The quantitative estimate of drug-likeness (QED) is 0.813. The van der Waals surface area contributed by atoms with Crippen LogP contribution in [-0.2, 0) is 15.0 Å². The molecule has 1 aliphatic carbocycles. The highest BCUT2D eigenvalue weighted by molar-refractivity contribution is 5.80. The normalized spacial score (nSPS) is 18.8. The van der Waals surface area contributed by atoms with E-state index in [1.54, 1.807) is 0 Å². The van der Waals surface area contributed by atoms with Crippen molar-refractivity contribution in [2.24, 2.45) is 0 Å². The lowest BCUT2D eigenvalue weighted by molar-refractivity contribution is -0.121. The van der Waals surface area contributed by atoms with Crippen molar-refractivity contribution in [3.05, 3.63) is 29.8 Å². The van der Waals surface area contributed by atoms with Gasteiger partial charge >= 0.3 is 0 Å². The zero-order valence-electron chi connectivity index (χ0n) is 10.0. The number of carbonyl (C=O) groups is 2. The number of carbonyl (C=O) groups excluding carboxylic acids is 2. The summed E-state index contributed by atoms with van der Waals surface area (Å²) in [7, 11) is 0. The van der Waals surface area contributed by atoms with Gasteiger partial charge in [0.2, 0.25) is 6.41 Å². The lowest BCUT2D eigenvalue weighted by Crippen LogP contribution is -2.29. The van der Waals surface area contributed by atoms with Gasteiger partial charge < -0.3 is 5.32 Å². The molecule has 0 atom stereocenters. The van der Waals surface area contributed by atoms with Crippen LogP contribution in [0.3, 0.4) is 0 Å². The monoisotopic (exact) mass is 231 g/mol. The van der Waals surface area contributed by atoms with Crippen LogP contribution in [0.1, 0.15) is 38.2 Å². The van der Waals surface area contributed by atoms with Crippen molar-refractivity contribution in [1.29, 1.82) is 0 Å². The Balaban J connectivity index is 2.32. The van der Waals surface area contributed by atoms with E-state index in [0.29, 0.717) is 25.0 Å². The number of anilines is 1. The van der Waals surface area contributed by atoms with Gasteiger partial charge in [-0.15, -0.1) is 0 Å². The van der Waals surface area contributed by atoms with E-state index in [0.717, 1.165) is 24.1 Å². The zero-order valence-corrected chi connectivity index (χ0v) is 10.0. The number of nitrogens with one attached hydrogen (secondary N) is 1. The van der Waals surface area contributed by atoms with Crippen molar-refractivity contribution in [3.8, 4) is 0 Å². The molecule has 1 N–H and O–H groups in total. The van der Waals surface area contributed by atoms with Gasteiger partial charge in [0.1, 0.15) is 5.78 Å². The van der Waals surface area contributed by atoms with Crippen LogP contribution in [0.25, 0.3) is 0 Å². The highest BCUT2D eigenvalue weighted by Gasteiger charge is 2.33. The van der Waals surface area contributed by atoms with E-state index in [4.69, 9.17) is 0 Å². The van der Waals surface area contributed by atoms with Gasteiger partial charge in [-0.2, -0.15) is 0 Å². The number of hydrogen-bond donors (Lipinski definition) is 1. The lowest BCUT2D eigenvalue weighted by Gasteiger charge is -2.34. The maximum absolute atomic E-state index is 11.3. The molecule has 3 heteroatoms. The molecule has 0 unspecified atom stereocenters. The first-order chi connectivity index (χ1) is 8.15. The summed E-state index contributed by atoms with van der Waals surface area (Å²) in [6.45, 7) is 2.17. The summed E-state index contributed by atoms with van der Waals surface area (Å²) in [5, 5.41) is 2.74. The third-order valence-electron chi connectivity index (χ3n) is 3.70. The Morgan fingerprint density at radius 2 is 1.88 bits per heavy atom. The molecule has 0 aliphatic heterocycles. The van der Waals surface area contributed by atoms with Gasteiger partial charge in [0, 0.05) is 18.5 Å². The molecule has 17 heavy (non-hydrogen) atoms. The number of para-hydroxylation sites is 1. The summed E-state index contributed by atoms with van der Waals surface area (Å²) >= 11 is 0. The highest BCUT2D eigenvalue weighted by atomic mass is 16.1. The molecule has 1 aliphatic rings. The average molecular weight is 231 g/mol. The van der Waals surface area contributed by atoms with Gasteiger partial charge in [-0.1, -0.05) is 25.1 Å². The van der Waals surface area contributed by atoms with Crippen LogP contribution in [0.15, 0.2) is 24.3 Å². The minimum atomic E-state index is 0.000509. The van der Waals surface area contributed by atoms with Crippen LogP contribution in [0.2, 0.25) is 0 Å². The highest BCUT2D eigenvalue weighted by Crippen LogP contribution is 2.40. The van der Waals surface area contributed by atoms with Crippen LogP contribution in [0, 0.1) is 0 Å². The van der Waals surface area contributed by atoms with Gasteiger partial charge in [-0.25, -0.2) is 0 Å².